The van der Waals surface area contributed by atoms with Crippen molar-refractivity contribution < 1.29 is 9.53 Å². The van der Waals surface area contributed by atoms with Crippen molar-refractivity contribution in [1.82, 2.24) is 25.1 Å². The molecule has 2 aromatic rings. The van der Waals surface area contributed by atoms with Crippen LogP contribution in [0.2, 0.25) is 0 Å². The van der Waals surface area contributed by atoms with Gasteiger partial charge in [-0.2, -0.15) is 5.10 Å². The number of hydrogen-bond donors (Lipinski definition) is 1. The second-order valence-electron chi connectivity index (χ2n) is 10.2. The molecule has 2 aromatic heterocycles. The monoisotopic (exact) mass is 456 g/mol. The summed E-state index contributed by atoms with van der Waals surface area (Å²) in [6.45, 7) is 4.28. The van der Waals surface area contributed by atoms with Gasteiger partial charge in [-0.3, -0.25) is 4.79 Å². The van der Waals surface area contributed by atoms with Crippen molar-refractivity contribution in [1.29, 1.82) is 0 Å². The van der Waals surface area contributed by atoms with Crippen molar-refractivity contribution in [2.24, 2.45) is 23.2 Å². The molecule has 7 rings (SSSR count). The number of nitrogens with one attached hydrogen (secondary N) is 1. The summed E-state index contributed by atoms with van der Waals surface area (Å²) in [5, 5.41) is 9.60. The lowest BCUT2D eigenvalue weighted by Crippen LogP contribution is -2.53. The minimum atomic E-state index is -0.0986. The second-order valence-corrected chi connectivity index (χ2v) is 11.0. The molecule has 1 saturated heterocycles. The van der Waals surface area contributed by atoms with Crippen molar-refractivity contribution in [3.8, 4) is 0 Å². The standard InChI is InChI=1S/C23H32N6O2S/c1-32-22-26-19(28-4-6-31-7-5-28)18-14-25-29(20(18)27-22)3-2-24-21(30)23-11-15-8-16(12-23)10-17(9-15)13-23/h14-17H,2-13H2,1H3,(H,24,30). The van der Waals surface area contributed by atoms with Crippen LogP contribution in [0.3, 0.4) is 0 Å². The molecule has 0 unspecified atom stereocenters. The topological polar surface area (TPSA) is 85.2 Å². The molecule has 172 valence electrons. The van der Waals surface area contributed by atoms with Gasteiger partial charge in [0.25, 0.3) is 0 Å². The van der Waals surface area contributed by atoms with Crippen LogP contribution in [0.15, 0.2) is 11.4 Å². The largest absolute Gasteiger partial charge is 0.378 e. The molecule has 32 heavy (non-hydrogen) atoms. The van der Waals surface area contributed by atoms with E-state index in [4.69, 9.17) is 14.7 Å². The number of carbonyl (C=O) groups excluding carboxylic acids is 1. The third kappa shape index (κ3) is 3.57. The van der Waals surface area contributed by atoms with Crippen molar-refractivity contribution in [3.63, 3.8) is 0 Å². The predicted molar refractivity (Wildman–Crippen MR) is 124 cm³/mol. The summed E-state index contributed by atoms with van der Waals surface area (Å²) >= 11 is 1.54. The van der Waals surface area contributed by atoms with Crippen LogP contribution in [-0.2, 0) is 16.1 Å². The molecule has 0 radical (unpaired) electrons. The van der Waals surface area contributed by atoms with Gasteiger partial charge in [-0.1, -0.05) is 11.8 Å². The van der Waals surface area contributed by atoms with Gasteiger partial charge in [-0.05, 0) is 62.5 Å². The van der Waals surface area contributed by atoms with Gasteiger partial charge in [0, 0.05) is 25.0 Å². The number of aromatic nitrogens is 4. The van der Waals surface area contributed by atoms with Crippen LogP contribution in [0.25, 0.3) is 11.0 Å². The molecule has 8 nitrogen and oxygen atoms in total. The summed E-state index contributed by atoms with van der Waals surface area (Å²) in [7, 11) is 0. The molecule has 0 aromatic carbocycles. The zero-order valence-corrected chi connectivity index (χ0v) is 19.6. The molecule has 5 fully saturated rings. The lowest BCUT2D eigenvalue weighted by molar-refractivity contribution is -0.146. The van der Waals surface area contributed by atoms with Gasteiger partial charge in [0.2, 0.25) is 5.91 Å². The van der Waals surface area contributed by atoms with Crippen molar-refractivity contribution in [2.45, 2.75) is 50.2 Å². The first-order chi connectivity index (χ1) is 15.6. The molecule has 4 aliphatic carbocycles. The summed E-state index contributed by atoms with van der Waals surface area (Å²) in [5.41, 5.74) is 0.744. The van der Waals surface area contributed by atoms with Gasteiger partial charge in [0.15, 0.2) is 10.8 Å². The van der Waals surface area contributed by atoms with E-state index in [-0.39, 0.29) is 11.3 Å². The SMILES string of the molecule is CSc1nc(N2CCOCC2)c2cnn(CCNC(=O)C34CC5CC(CC(C5)C3)C4)c2n1. The molecule has 0 atom stereocenters. The first-order valence-electron chi connectivity index (χ1n) is 12.0. The number of rotatable bonds is 6. The van der Waals surface area contributed by atoms with E-state index >= 15 is 0 Å². The van der Waals surface area contributed by atoms with Gasteiger partial charge >= 0.3 is 0 Å². The first kappa shape index (κ1) is 20.7. The predicted octanol–water partition coefficient (Wildman–Crippen LogP) is 2.72. The number of carbonyl (C=O) groups is 1. The van der Waals surface area contributed by atoms with Crippen LogP contribution in [0.1, 0.15) is 38.5 Å². The first-order valence-corrected chi connectivity index (χ1v) is 13.2. The molecule has 1 aliphatic heterocycles. The summed E-state index contributed by atoms with van der Waals surface area (Å²) in [5.74, 6) is 3.56. The maximum absolute atomic E-state index is 13.3. The molecule has 1 amide bonds. The number of hydrogen-bond acceptors (Lipinski definition) is 7. The van der Waals surface area contributed by atoms with Crippen LogP contribution in [0.5, 0.6) is 0 Å². The Kier molecular flexibility index (Phi) is 5.29. The highest BCUT2D eigenvalue weighted by molar-refractivity contribution is 7.98. The summed E-state index contributed by atoms with van der Waals surface area (Å²) in [6, 6.07) is 0. The normalized spacial score (nSPS) is 31.4. The third-order valence-corrected chi connectivity index (χ3v) is 8.63. The Morgan fingerprint density at radius 3 is 2.50 bits per heavy atom. The number of nitrogens with zero attached hydrogens (tertiary/aromatic N) is 5. The van der Waals surface area contributed by atoms with E-state index in [1.807, 2.05) is 17.1 Å². The van der Waals surface area contributed by atoms with E-state index in [0.29, 0.717) is 26.3 Å². The molecule has 4 saturated carbocycles. The lowest BCUT2D eigenvalue weighted by atomic mass is 9.49. The molecule has 4 bridgehead atoms. The Morgan fingerprint density at radius 1 is 1.16 bits per heavy atom. The Morgan fingerprint density at radius 2 is 1.84 bits per heavy atom. The Hall–Kier alpha value is -1.87. The average molecular weight is 457 g/mol. The molecular weight excluding hydrogens is 424 g/mol. The molecule has 0 spiro atoms. The molecule has 3 heterocycles. The molecule has 5 aliphatic rings. The van der Waals surface area contributed by atoms with Gasteiger partial charge in [0.05, 0.1) is 31.3 Å². The van der Waals surface area contributed by atoms with Gasteiger partial charge in [-0.25, -0.2) is 14.6 Å². The van der Waals surface area contributed by atoms with E-state index in [0.717, 1.165) is 72.1 Å². The van der Waals surface area contributed by atoms with Crippen LogP contribution in [0, 0.1) is 23.2 Å². The second kappa shape index (κ2) is 8.17. The fraction of sp³-hybridized carbons (Fsp3) is 0.739. The van der Waals surface area contributed by atoms with Crippen LogP contribution < -0.4 is 10.2 Å². The van der Waals surface area contributed by atoms with Crippen LogP contribution >= 0.6 is 11.8 Å². The highest BCUT2D eigenvalue weighted by Crippen LogP contribution is 2.60. The van der Waals surface area contributed by atoms with E-state index in [9.17, 15) is 4.79 Å². The fourth-order valence-electron chi connectivity index (χ4n) is 7.04. The third-order valence-electron chi connectivity index (χ3n) is 8.08. The quantitative estimate of drug-likeness (QED) is 0.528. The Bertz CT molecular complexity index is 982. The number of thioether (sulfide) groups is 1. The summed E-state index contributed by atoms with van der Waals surface area (Å²) < 4.78 is 7.42. The molecular formula is C23H32N6O2S. The number of amides is 1. The summed E-state index contributed by atoms with van der Waals surface area (Å²) in [4.78, 5) is 25.0. The van der Waals surface area contributed by atoms with E-state index in [2.05, 4.69) is 15.3 Å². The average Bonchev–Trinajstić information content (AvgIpc) is 3.21. The smallest absolute Gasteiger partial charge is 0.226 e. The highest BCUT2D eigenvalue weighted by Gasteiger charge is 2.54. The minimum absolute atomic E-state index is 0.0986. The van der Waals surface area contributed by atoms with Gasteiger partial charge in [0.1, 0.15) is 5.82 Å². The maximum atomic E-state index is 13.3. The Labute approximate surface area is 192 Å². The van der Waals surface area contributed by atoms with E-state index in [1.165, 1.54) is 19.3 Å². The van der Waals surface area contributed by atoms with Crippen LogP contribution in [-0.4, -0.2) is 64.8 Å². The number of morpholine rings is 1. The van der Waals surface area contributed by atoms with E-state index in [1.54, 1.807) is 11.8 Å². The van der Waals surface area contributed by atoms with Crippen molar-refractivity contribution >= 4 is 34.5 Å². The van der Waals surface area contributed by atoms with Gasteiger partial charge < -0.3 is 15.0 Å². The minimum Gasteiger partial charge on any atom is -0.378 e. The van der Waals surface area contributed by atoms with Crippen LogP contribution in [0.4, 0.5) is 5.82 Å². The summed E-state index contributed by atoms with van der Waals surface area (Å²) in [6.07, 6.45) is 11.2. The fourth-order valence-corrected chi connectivity index (χ4v) is 7.40. The zero-order valence-electron chi connectivity index (χ0n) is 18.8. The number of fused-ring (bicyclic) bond motifs is 1. The number of anilines is 1. The van der Waals surface area contributed by atoms with Crippen molar-refractivity contribution in [3.05, 3.63) is 6.20 Å². The van der Waals surface area contributed by atoms with Crippen molar-refractivity contribution in [2.75, 3.05) is 44.0 Å². The highest BCUT2D eigenvalue weighted by atomic mass is 32.2. The molecule has 1 N–H and O–H groups in total. The number of ether oxygens (including phenoxy) is 1. The lowest BCUT2D eigenvalue weighted by Gasteiger charge is -2.55. The van der Waals surface area contributed by atoms with Gasteiger partial charge in [-0.15, -0.1) is 0 Å². The zero-order chi connectivity index (χ0) is 21.7. The molecule has 9 heteroatoms. The van der Waals surface area contributed by atoms with E-state index < -0.39 is 0 Å². The Balaban J connectivity index is 1.17. The maximum Gasteiger partial charge on any atom is 0.226 e.